The Hall–Kier alpha value is -1.13. The van der Waals surface area contributed by atoms with Gasteiger partial charge in [0, 0.05) is 26.3 Å². The molecule has 0 saturated carbocycles. The molecule has 0 aromatic carbocycles. The normalized spacial score (nSPS) is 10.6. The number of hydrogen-bond acceptors (Lipinski definition) is 3. The van der Waals surface area contributed by atoms with Gasteiger partial charge >= 0.3 is 0 Å². The van der Waals surface area contributed by atoms with Gasteiger partial charge in [0.1, 0.15) is 0 Å². The van der Waals surface area contributed by atoms with Crippen molar-refractivity contribution in [1.29, 1.82) is 0 Å². The van der Waals surface area contributed by atoms with E-state index in [0.717, 1.165) is 13.1 Å². The molecular weight excluding hydrogens is 194 g/mol. The highest BCUT2D eigenvalue weighted by atomic mass is 32.1. The Balaban J connectivity index is 1.81. The van der Waals surface area contributed by atoms with Crippen LogP contribution in [0.2, 0.25) is 0 Å². The Morgan fingerprint density at radius 1 is 1.50 bits per heavy atom. The lowest BCUT2D eigenvalue weighted by Gasteiger charge is -2.03. The van der Waals surface area contributed by atoms with Crippen molar-refractivity contribution in [3.05, 3.63) is 40.6 Å². The first-order chi connectivity index (χ1) is 6.86. The average molecular weight is 207 g/mol. The molecule has 3 nitrogen and oxygen atoms in total. The highest BCUT2D eigenvalue weighted by molar-refractivity contribution is 7.07. The van der Waals surface area contributed by atoms with Crippen LogP contribution in [0.4, 0.5) is 0 Å². The van der Waals surface area contributed by atoms with Crippen molar-refractivity contribution >= 4 is 11.3 Å². The lowest BCUT2D eigenvalue weighted by atomic mass is 10.3. The van der Waals surface area contributed by atoms with Crippen LogP contribution in [0.1, 0.15) is 11.3 Å². The van der Waals surface area contributed by atoms with E-state index in [2.05, 4.69) is 27.1 Å². The number of thiophene rings is 1. The van der Waals surface area contributed by atoms with Crippen LogP contribution < -0.4 is 5.32 Å². The number of nitrogens with zero attached hydrogens (tertiary/aromatic N) is 2. The number of aromatic nitrogens is 2. The summed E-state index contributed by atoms with van der Waals surface area (Å²) in [7, 11) is 2.01. The number of imidazole rings is 1. The van der Waals surface area contributed by atoms with Crippen molar-refractivity contribution in [1.82, 2.24) is 14.9 Å². The Bertz CT molecular complexity index is 378. The van der Waals surface area contributed by atoms with Crippen molar-refractivity contribution < 1.29 is 0 Å². The molecule has 4 heteroatoms. The minimum absolute atomic E-state index is 0.867. The molecule has 2 rings (SSSR count). The van der Waals surface area contributed by atoms with Crippen LogP contribution in [-0.4, -0.2) is 9.55 Å². The van der Waals surface area contributed by atoms with E-state index >= 15 is 0 Å². The van der Waals surface area contributed by atoms with E-state index in [9.17, 15) is 0 Å². The van der Waals surface area contributed by atoms with Crippen molar-refractivity contribution in [2.45, 2.75) is 13.1 Å². The van der Waals surface area contributed by atoms with Crippen LogP contribution in [-0.2, 0) is 20.1 Å². The molecular formula is C10H13N3S. The van der Waals surface area contributed by atoms with E-state index in [-0.39, 0.29) is 0 Å². The first kappa shape index (κ1) is 9.43. The number of aryl methyl sites for hydroxylation is 1. The van der Waals surface area contributed by atoms with E-state index in [0.29, 0.717) is 0 Å². The van der Waals surface area contributed by atoms with Crippen LogP contribution in [0.25, 0.3) is 0 Å². The predicted molar refractivity (Wildman–Crippen MR) is 58.1 cm³/mol. The van der Waals surface area contributed by atoms with Crippen LogP contribution in [0, 0.1) is 0 Å². The van der Waals surface area contributed by atoms with Gasteiger partial charge in [-0.05, 0) is 22.4 Å². The fraction of sp³-hybridized carbons (Fsp3) is 0.300. The van der Waals surface area contributed by atoms with Crippen molar-refractivity contribution in [3.63, 3.8) is 0 Å². The Morgan fingerprint density at radius 2 is 2.43 bits per heavy atom. The maximum Gasteiger partial charge on any atom is 0.0945 e. The first-order valence-electron chi connectivity index (χ1n) is 4.53. The maximum absolute atomic E-state index is 4.06. The van der Waals surface area contributed by atoms with E-state index in [1.165, 1.54) is 11.3 Å². The highest BCUT2D eigenvalue weighted by Gasteiger charge is 1.97. The van der Waals surface area contributed by atoms with E-state index in [1.54, 1.807) is 11.3 Å². The van der Waals surface area contributed by atoms with Gasteiger partial charge in [-0.25, -0.2) is 4.98 Å². The third-order valence-electron chi connectivity index (χ3n) is 2.13. The van der Waals surface area contributed by atoms with Crippen molar-refractivity contribution in [2.24, 2.45) is 7.05 Å². The summed E-state index contributed by atoms with van der Waals surface area (Å²) in [6.45, 7) is 1.79. The SMILES string of the molecule is Cn1cncc1CNCc1ccsc1. The highest BCUT2D eigenvalue weighted by Crippen LogP contribution is 2.05. The largest absolute Gasteiger partial charge is 0.337 e. The summed E-state index contributed by atoms with van der Waals surface area (Å²) in [5, 5.41) is 7.64. The van der Waals surface area contributed by atoms with Gasteiger partial charge in [0.25, 0.3) is 0 Å². The summed E-state index contributed by atoms with van der Waals surface area (Å²) in [6, 6.07) is 2.14. The number of nitrogens with one attached hydrogen (secondary N) is 1. The summed E-state index contributed by atoms with van der Waals surface area (Å²) >= 11 is 1.73. The van der Waals surface area contributed by atoms with E-state index in [1.807, 2.05) is 24.1 Å². The molecule has 2 aromatic rings. The van der Waals surface area contributed by atoms with Gasteiger partial charge in [0.2, 0.25) is 0 Å². The Labute approximate surface area is 87.4 Å². The van der Waals surface area contributed by atoms with Crippen LogP contribution in [0.3, 0.4) is 0 Å². The molecule has 1 N–H and O–H groups in total. The molecule has 0 aliphatic heterocycles. The predicted octanol–water partition coefficient (Wildman–Crippen LogP) is 1.77. The van der Waals surface area contributed by atoms with Crippen LogP contribution in [0.5, 0.6) is 0 Å². The van der Waals surface area contributed by atoms with Gasteiger partial charge in [0.05, 0.1) is 12.0 Å². The van der Waals surface area contributed by atoms with Crippen molar-refractivity contribution in [2.75, 3.05) is 0 Å². The van der Waals surface area contributed by atoms with Crippen LogP contribution in [0.15, 0.2) is 29.4 Å². The minimum Gasteiger partial charge on any atom is -0.337 e. The van der Waals surface area contributed by atoms with Gasteiger partial charge in [-0.2, -0.15) is 11.3 Å². The molecule has 0 bridgehead atoms. The second kappa shape index (κ2) is 4.39. The fourth-order valence-corrected chi connectivity index (χ4v) is 1.95. The monoisotopic (exact) mass is 207 g/mol. The molecule has 74 valence electrons. The van der Waals surface area contributed by atoms with Gasteiger partial charge in [-0.3, -0.25) is 0 Å². The molecule has 2 aromatic heterocycles. The Morgan fingerprint density at radius 3 is 3.07 bits per heavy atom. The topological polar surface area (TPSA) is 29.9 Å². The second-order valence-electron chi connectivity index (χ2n) is 3.23. The summed E-state index contributed by atoms with van der Waals surface area (Å²) < 4.78 is 2.03. The number of hydrogen-bond donors (Lipinski definition) is 1. The molecule has 0 aliphatic rings. The summed E-state index contributed by atoms with van der Waals surface area (Å²) in [5.74, 6) is 0. The molecule has 0 radical (unpaired) electrons. The molecule has 0 saturated heterocycles. The van der Waals surface area contributed by atoms with Gasteiger partial charge in [-0.1, -0.05) is 0 Å². The average Bonchev–Trinajstić information content (AvgIpc) is 2.78. The van der Waals surface area contributed by atoms with Crippen molar-refractivity contribution in [3.8, 4) is 0 Å². The third-order valence-corrected chi connectivity index (χ3v) is 2.86. The molecule has 0 spiro atoms. The summed E-state index contributed by atoms with van der Waals surface area (Å²) in [6.07, 6.45) is 3.71. The molecule has 0 amide bonds. The molecule has 0 unspecified atom stereocenters. The third kappa shape index (κ3) is 2.21. The summed E-state index contributed by atoms with van der Waals surface area (Å²) in [4.78, 5) is 4.06. The molecule has 0 atom stereocenters. The lowest BCUT2D eigenvalue weighted by Crippen LogP contribution is -2.14. The smallest absolute Gasteiger partial charge is 0.0945 e. The molecule has 14 heavy (non-hydrogen) atoms. The fourth-order valence-electron chi connectivity index (χ4n) is 1.28. The van der Waals surface area contributed by atoms with Gasteiger partial charge < -0.3 is 9.88 Å². The second-order valence-corrected chi connectivity index (χ2v) is 4.01. The lowest BCUT2D eigenvalue weighted by molar-refractivity contribution is 0.656. The maximum atomic E-state index is 4.06. The standard InChI is InChI=1S/C10H13N3S/c1-13-8-12-6-10(13)5-11-4-9-2-3-14-7-9/h2-3,6-8,11H,4-5H2,1H3. The minimum atomic E-state index is 0.867. The van der Waals surface area contributed by atoms with Gasteiger partial charge in [-0.15, -0.1) is 0 Å². The van der Waals surface area contributed by atoms with Gasteiger partial charge in [0.15, 0.2) is 0 Å². The number of rotatable bonds is 4. The van der Waals surface area contributed by atoms with E-state index in [4.69, 9.17) is 0 Å². The molecule has 0 aliphatic carbocycles. The first-order valence-corrected chi connectivity index (χ1v) is 5.47. The zero-order valence-corrected chi connectivity index (χ0v) is 8.92. The molecule has 0 fully saturated rings. The zero-order valence-electron chi connectivity index (χ0n) is 8.10. The van der Waals surface area contributed by atoms with Crippen LogP contribution >= 0.6 is 11.3 Å². The van der Waals surface area contributed by atoms with E-state index < -0.39 is 0 Å². The quantitative estimate of drug-likeness (QED) is 0.828. The summed E-state index contributed by atoms with van der Waals surface area (Å²) in [5.41, 5.74) is 2.55. The molecule has 2 heterocycles. The Kier molecular flexibility index (Phi) is 2.96. The zero-order chi connectivity index (χ0) is 9.80.